The second-order valence-electron chi connectivity index (χ2n) is 3.53. The summed E-state index contributed by atoms with van der Waals surface area (Å²) in [6.07, 6.45) is 0.332. The van der Waals surface area contributed by atoms with Gasteiger partial charge in [-0.25, -0.2) is 13.2 Å². The van der Waals surface area contributed by atoms with Gasteiger partial charge in [0.2, 0.25) is 0 Å². The largest absolute Gasteiger partial charge is 0.475 e. The van der Waals surface area contributed by atoms with Crippen molar-refractivity contribution in [3.63, 3.8) is 0 Å². The maximum Gasteiger partial charge on any atom is 0.377 e. The molecule has 0 saturated heterocycles. The highest BCUT2D eigenvalue weighted by Gasteiger charge is 2.27. The third-order valence-electron chi connectivity index (χ3n) is 2.49. The molecule has 6 heteroatoms. The quantitative estimate of drug-likeness (QED) is 0.592. The maximum atomic E-state index is 11.5. The summed E-state index contributed by atoms with van der Waals surface area (Å²) in [5.41, 5.74) is 0.537. The van der Waals surface area contributed by atoms with E-state index in [0.717, 1.165) is 0 Å². The number of aryl methyl sites for hydroxylation is 1. The summed E-state index contributed by atoms with van der Waals surface area (Å²) in [6, 6.07) is 3.88. The zero-order valence-corrected chi connectivity index (χ0v) is 8.95. The van der Waals surface area contributed by atoms with Crippen molar-refractivity contribution >= 4 is 21.6 Å². The molecule has 1 aromatic carbocycles. The lowest BCUT2D eigenvalue weighted by molar-refractivity contribution is -0.131. The number of carbonyl (C=O) groups excluding carboxylic acids is 1. The Morgan fingerprint density at radius 2 is 1.94 bits per heavy atom. The van der Waals surface area contributed by atoms with Gasteiger partial charge in [0.1, 0.15) is 0 Å². The van der Waals surface area contributed by atoms with E-state index in [1.165, 1.54) is 18.2 Å². The summed E-state index contributed by atoms with van der Waals surface area (Å²) in [5.74, 6) is -2.54. The smallest absolute Gasteiger partial charge is 0.377 e. The van der Waals surface area contributed by atoms with Crippen LogP contribution in [0.15, 0.2) is 23.1 Å². The molecule has 0 amide bonds. The van der Waals surface area contributed by atoms with E-state index in [2.05, 4.69) is 0 Å². The minimum atomic E-state index is -3.23. The Morgan fingerprint density at radius 1 is 1.25 bits per heavy atom. The van der Waals surface area contributed by atoms with Crippen molar-refractivity contribution in [2.24, 2.45) is 0 Å². The molecule has 0 aliphatic carbocycles. The van der Waals surface area contributed by atoms with Gasteiger partial charge in [-0.3, -0.25) is 4.79 Å². The molecular formula is C10H8O5S. The molecule has 1 aliphatic heterocycles. The van der Waals surface area contributed by atoms with Gasteiger partial charge in [-0.15, -0.1) is 0 Å². The maximum absolute atomic E-state index is 11.5. The van der Waals surface area contributed by atoms with Gasteiger partial charge in [0, 0.05) is 5.56 Å². The van der Waals surface area contributed by atoms with E-state index in [1.807, 2.05) is 0 Å². The summed E-state index contributed by atoms with van der Waals surface area (Å²) >= 11 is 0. The summed E-state index contributed by atoms with van der Waals surface area (Å²) in [4.78, 5) is 21.8. The van der Waals surface area contributed by atoms with Crippen molar-refractivity contribution in [3.8, 4) is 0 Å². The van der Waals surface area contributed by atoms with Crippen molar-refractivity contribution in [1.29, 1.82) is 0 Å². The van der Waals surface area contributed by atoms with Crippen molar-refractivity contribution in [2.75, 3.05) is 5.75 Å². The number of rotatable bonds is 2. The molecule has 0 bridgehead atoms. The van der Waals surface area contributed by atoms with Gasteiger partial charge < -0.3 is 5.11 Å². The molecule has 1 heterocycles. The lowest BCUT2D eigenvalue weighted by atomic mass is 10.1. The molecule has 0 saturated carbocycles. The van der Waals surface area contributed by atoms with E-state index in [-0.39, 0.29) is 16.2 Å². The van der Waals surface area contributed by atoms with Crippen LogP contribution in [0.1, 0.15) is 15.9 Å². The van der Waals surface area contributed by atoms with Gasteiger partial charge in [-0.2, -0.15) is 0 Å². The molecule has 1 aliphatic rings. The first-order chi connectivity index (χ1) is 7.42. The lowest BCUT2D eigenvalue weighted by Gasteiger charge is -2.00. The molecule has 0 unspecified atom stereocenters. The normalized spacial score (nSPS) is 16.8. The first-order valence-corrected chi connectivity index (χ1v) is 6.20. The second-order valence-corrected chi connectivity index (χ2v) is 5.60. The predicted molar refractivity (Wildman–Crippen MR) is 54.2 cm³/mol. The minimum absolute atomic E-state index is 0.0170. The van der Waals surface area contributed by atoms with Crippen molar-refractivity contribution in [1.82, 2.24) is 0 Å². The molecule has 0 atom stereocenters. The van der Waals surface area contributed by atoms with Crippen LogP contribution in [-0.4, -0.2) is 31.0 Å². The number of carbonyl (C=O) groups is 2. The Balaban J connectivity index is 2.51. The van der Waals surface area contributed by atoms with Crippen LogP contribution < -0.4 is 0 Å². The van der Waals surface area contributed by atoms with E-state index in [1.54, 1.807) is 0 Å². The fourth-order valence-electron chi connectivity index (χ4n) is 1.70. The van der Waals surface area contributed by atoms with Crippen LogP contribution in [0.2, 0.25) is 0 Å². The van der Waals surface area contributed by atoms with Crippen molar-refractivity contribution in [2.45, 2.75) is 11.3 Å². The summed E-state index contributed by atoms with van der Waals surface area (Å²) < 4.78 is 22.9. The molecular weight excluding hydrogens is 232 g/mol. The number of benzene rings is 1. The highest BCUT2D eigenvalue weighted by atomic mass is 32.2. The minimum Gasteiger partial charge on any atom is -0.475 e. The molecule has 0 aromatic heterocycles. The lowest BCUT2D eigenvalue weighted by Crippen LogP contribution is -2.12. The Morgan fingerprint density at radius 3 is 2.56 bits per heavy atom. The van der Waals surface area contributed by atoms with Crippen molar-refractivity contribution in [3.05, 3.63) is 29.3 Å². The van der Waals surface area contributed by atoms with E-state index in [0.29, 0.717) is 12.0 Å². The highest BCUT2D eigenvalue weighted by molar-refractivity contribution is 7.91. The average Bonchev–Trinajstić information content (AvgIpc) is 2.53. The Kier molecular flexibility index (Phi) is 2.31. The standard InChI is InChI=1S/C10H8O5S/c11-9(10(12)13)7-1-2-8-6(5-7)3-4-16(8,14)15/h1-2,5H,3-4H2,(H,12,13). The van der Waals surface area contributed by atoms with E-state index in [9.17, 15) is 18.0 Å². The van der Waals surface area contributed by atoms with E-state index in [4.69, 9.17) is 5.11 Å². The molecule has 0 fully saturated rings. The van der Waals surface area contributed by atoms with Crippen LogP contribution in [0.25, 0.3) is 0 Å². The first-order valence-electron chi connectivity index (χ1n) is 4.55. The number of hydrogen-bond acceptors (Lipinski definition) is 4. The summed E-state index contributed by atoms with van der Waals surface area (Å²) in [5, 5.41) is 8.52. The topological polar surface area (TPSA) is 88.5 Å². The van der Waals surface area contributed by atoms with Gasteiger partial charge in [-0.1, -0.05) is 0 Å². The number of fused-ring (bicyclic) bond motifs is 1. The molecule has 0 radical (unpaired) electrons. The molecule has 16 heavy (non-hydrogen) atoms. The van der Waals surface area contributed by atoms with Gasteiger partial charge >= 0.3 is 5.97 Å². The van der Waals surface area contributed by atoms with Crippen LogP contribution >= 0.6 is 0 Å². The van der Waals surface area contributed by atoms with Crippen molar-refractivity contribution < 1.29 is 23.1 Å². The number of aliphatic carboxylic acids is 1. The van der Waals surface area contributed by atoms with Crippen LogP contribution in [0, 0.1) is 0 Å². The Hall–Kier alpha value is -1.69. The average molecular weight is 240 g/mol. The number of sulfone groups is 1. The molecule has 5 nitrogen and oxygen atoms in total. The zero-order chi connectivity index (χ0) is 11.9. The van der Waals surface area contributed by atoms with E-state index >= 15 is 0 Å². The molecule has 2 rings (SSSR count). The van der Waals surface area contributed by atoms with Crippen LogP contribution in [0.3, 0.4) is 0 Å². The molecule has 84 valence electrons. The van der Waals surface area contributed by atoms with Crippen LogP contribution in [0.4, 0.5) is 0 Å². The van der Waals surface area contributed by atoms with Gasteiger partial charge in [0.25, 0.3) is 5.78 Å². The van der Waals surface area contributed by atoms with Gasteiger partial charge in [0.15, 0.2) is 9.84 Å². The molecule has 1 aromatic rings. The predicted octanol–water partition coefficient (Wildman–Crippen LogP) is 0.284. The third kappa shape index (κ3) is 1.61. The second kappa shape index (κ2) is 3.41. The monoisotopic (exact) mass is 240 g/mol. The fourth-order valence-corrected chi connectivity index (χ4v) is 3.24. The fraction of sp³-hybridized carbons (Fsp3) is 0.200. The number of carboxylic acid groups (broad SMARTS) is 1. The van der Waals surface area contributed by atoms with Crippen LogP contribution in [0.5, 0.6) is 0 Å². The molecule has 0 spiro atoms. The number of Topliss-reactive ketones (excluding diaryl/α,β-unsaturated/α-hetero) is 1. The number of hydrogen-bond donors (Lipinski definition) is 1. The number of ketones is 1. The zero-order valence-electron chi connectivity index (χ0n) is 8.13. The number of carboxylic acids is 1. The first kappa shape index (κ1) is 10.8. The van der Waals surface area contributed by atoms with Crippen LogP contribution in [-0.2, 0) is 21.1 Å². The summed E-state index contributed by atoms with van der Waals surface area (Å²) in [6.45, 7) is 0. The SMILES string of the molecule is O=C(O)C(=O)c1ccc2c(c1)CCS2(=O)=O. The van der Waals surface area contributed by atoms with Gasteiger partial charge in [-0.05, 0) is 30.2 Å². The van der Waals surface area contributed by atoms with Gasteiger partial charge in [0.05, 0.1) is 10.6 Å². The Labute approximate surface area is 91.6 Å². The summed E-state index contributed by atoms with van der Waals surface area (Å²) in [7, 11) is -3.23. The van der Waals surface area contributed by atoms with E-state index < -0.39 is 21.6 Å². The highest BCUT2D eigenvalue weighted by Crippen LogP contribution is 2.26. The third-order valence-corrected chi connectivity index (χ3v) is 4.30. The Bertz CT molecular complexity index is 585. The molecule has 1 N–H and O–H groups in total.